The maximum Gasteiger partial charge on any atom is 0.101 e. The standard InChI is InChI=1S/C18H16F2/c19-17(13-15-7-3-1-4-8-15)11-12-18(20)14-16-9-5-2-6-10-16/h1-10,13-14H,11-12H2/b17-13-,18-14-. The molecule has 0 heterocycles. The molecular weight excluding hydrogens is 254 g/mol. The highest BCUT2D eigenvalue weighted by Crippen LogP contribution is 2.19. The summed E-state index contributed by atoms with van der Waals surface area (Å²) in [7, 11) is 0. The van der Waals surface area contributed by atoms with Gasteiger partial charge in [0.25, 0.3) is 0 Å². The molecule has 0 aliphatic heterocycles. The third-order valence-corrected chi connectivity index (χ3v) is 2.85. The van der Waals surface area contributed by atoms with E-state index in [0.29, 0.717) is 0 Å². The molecule has 0 aromatic heterocycles. The van der Waals surface area contributed by atoms with Crippen LogP contribution in [0.15, 0.2) is 72.3 Å². The molecule has 0 bridgehead atoms. The van der Waals surface area contributed by atoms with Gasteiger partial charge in [-0.15, -0.1) is 0 Å². The highest BCUT2D eigenvalue weighted by atomic mass is 19.1. The van der Waals surface area contributed by atoms with Crippen molar-refractivity contribution in [1.82, 2.24) is 0 Å². The minimum Gasteiger partial charge on any atom is -0.212 e. The second-order valence-corrected chi connectivity index (χ2v) is 4.50. The fourth-order valence-electron chi connectivity index (χ4n) is 1.84. The lowest BCUT2D eigenvalue weighted by Gasteiger charge is -1.99. The Hall–Kier alpha value is -2.22. The molecule has 20 heavy (non-hydrogen) atoms. The summed E-state index contributed by atoms with van der Waals surface area (Å²) in [5.41, 5.74) is 1.58. The Morgan fingerprint density at radius 1 is 0.650 bits per heavy atom. The second-order valence-electron chi connectivity index (χ2n) is 4.50. The maximum absolute atomic E-state index is 13.7. The summed E-state index contributed by atoms with van der Waals surface area (Å²) in [5, 5.41) is 0. The first-order valence-electron chi connectivity index (χ1n) is 6.56. The summed E-state index contributed by atoms with van der Waals surface area (Å²) in [5.74, 6) is -0.624. The van der Waals surface area contributed by atoms with Gasteiger partial charge in [-0.1, -0.05) is 60.7 Å². The van der Waals surface area contributed by atoms with E-state index in [2.05, 4.69) is 0 Å². The lowest BCUT2D eigenvalue weighted by Crippen LogP contribution is -1.80. The van der Waals surface area contributed by atoms with Gasteiger partial charge in [-0.05, 0) is 23.3 Å². The molecule has 0 unspecified atom stereocenters. The Balaban J connectivity index is 1.92. The predicted octanol–water partition coefficient (Wildman–Crippen LogP) is 5.79. The van der Waals surface area contributed by atoms with Crippen LogP contribution >= 0.6 is 0 Å². The molecule has 0 saturated carbocycles. The van der Waals surface area contributed by atoms with Gasteiger partial charge in [0.15, 0.2) is 0 Å². The van der Waals surface area contributed by atoms with Gasteiger partial charge in [-0.3, -0.25) is 0 Å². The fourth-order valence-corrected chi connectivity index (χ4v) is 1.84. The Morgan fingerprint density at radius 2 is 1.00 bits per heavy atom. The van der Waals surface area contributed by atoms with Crippen LogP contribution in [-0.4, -0.2) is 0 Å². The number of halogens is 2. The first-order valence-corrected chi connectivity index (χ1v) is 6.56. The van der Waals surface area contributed by atoms with Gasteiger partial charge < -0.3 is 0 Å². The molecule has 0 nitrogen and oxygen atoms in total. The first kappa shape index (κ1) is 14.2. The van der Waals surface area contributed by atoms with E-state index < -0.39 is 0 Å². The van der Waals surface area contributed by atoms with Crippen molar-refractivity contribution in [3.05, 3.63) is 83.4 Å². The quantitative estimate of drug-likeness (QED) is 0.645. The number of hydrogen-bond acceptors (Lipinski definition) is 0. The van der Waals surface area contributed by atoms with Crippen LogP contribution in [-0.2, 0) is 0 Å². The smallest absolute Gasteiger partial charge is 0.101 e. The van der Waals surface area contributed by atoms with E-state index in [4.69, 9.17) is 0 Å². The molecule has 2 rings (SSSR count). The van der Waals surface area contributed by atoms with Crippen LogP contribution in [0.2, 0.25) is 0 Å². The molecule has 2 aromatic carbocycles. The van der Waals surface area contributed by atoms with Gasteiger partial charge in [-0.25, -0.2) is 8.78 Å². The molecule has 2 heteroatoms. The van der Waals surface area contributed by atoms with E-state index >= 15 is 0 Å². The molecule has 0 radical (unpaired) electrons. The molecule has 0 N–H and O–H groups in total. The Labute approximate surface area is 118 Å². The van der Waals surface area contributed by atoms with Crippen molar-refractivity contribution in [3.63, 3.8) is 0 Å². The van der Waals surface area contributed by atoms with Crippen LogP contribution in [0, 0.1) is 0 Å². The predicted molar refractivity (Wildman–Crippen MR) is 80.3 cm³/mol. The van der Waals surface area contributed by atoms with E-state index in [1.807, 2.05) is 60.7 Å². The molecule has 0 saturated heterocycles. The second kappa shape index (κ2) is 7.39. The molecule has 0 atom stereocenters. The van der Waals surface area contributed by atoms with Crippen LogP contribution in [0.3, 0.4) is 0 Å². The van der Waals surface area contributed by atoms with Gasteiger partial charge in [0, 0.05) is 12.8 Å². The highest BCUT2D eigenvalue weighted by molar-refractivity contribution is 5.52. The lowest BCUT2D eigenvalue weighted by atomic mass is 10.1. The van der Waals surface area contributed by atoms with Crippen molar-refractivity contribution in [2.75, 3.05) is 0 Å². The third-order valence-electron chi connectivity index (χ3n) is 2.85. The van der Waals surface area contributed by atoms with Gasteiger partial charge in [-0.2, -0.15) is 0 Å². The van der Waals surface area contributed by atoms with Crippen LogP contribution in [0.4, 0.5) is 8.78 Å². The number of hydrogen-bond donors (Lipinski definition) is 0. The van der Waals surface area contributed by atoms with Crippen molar-refractivity contribution in [2.24, 2.45) is 0 Å². The minimum atomic E-state index is -0.312. The summed E-state index contributed by atoms with van der Waals surface area (Å²) in [4.78, 5) is 0. The van der Waals surface area contributed by atoms with Crippen molar-refractivity contribution in [3.8, 4) is 0 Å². The molecule has 0 aliphatic carbocycles. The van der Waals surface area contributed by atoms with E-state index in [0.717, 1.165) is 11.1 Å². The molecular formula is C18H16F2. The molecule has 2 aromatic rings. The SMILES string of the molecule is F/C(=C\c1ccccc1)CC/C(F)=C/c1ccccc1. The fraction of sp³-hybridized carbons (Fsp3) is 0.111. The summed E-state index contributed by atoms with van der Waals surface area (Å²) in [6.07, 6.45) is 3.03. The average molecular weight is 270 g/mol. The molecule has 0 amide bonds. The zero-order valence-electron chi connectivity index (χ0n) is 11.1. The summed E-state index contributed by atoms with van der Waals surface area (Å²) in [6.45, 7) is 0. The largest absolute Gasteiger partial charge is 0.212 e. The highest BCUT2D eigenvalue weighted by Gasteiger charge is 2.01. The molecule has 0 aliphatic rings. The molecule has 0 fully saturated rings. The topological polar surface area (TPSA) is 0 Å². The molecule has 102 valence electrons. The number of benzene rings is 2. The normalized spacial score (nSPS) is 12.5. The van der Waals surface area contributed by atoms with E-state index in [-0.39, 0.29) is 24.5 Å². The number of rotatable bonds is 5. The Bertz CT molecular complexity index is 528. The van der Waals surface area contributed by atoms with Crippen molar-refractivity contribution < 1.29 is 8.78 Å². The van der Waals surface area contributed by atoms with Gasteiger partial charge in [0.2, 0.25) is 0 Å². The van der Waals surface area contributed by atoms with E-state index in [1.165, 1.54) is 12.2 Å². The summed E-state index contributed by atoms with van der Waals surface area (Å²) in [6, 6.07) is 18.4. The summed E-state index contributed by atoms with van der Waals surface area (Å²) < 4.78 is 27.3. The van der Waals surface area contributed by atoms with Crippen LogP contribution < -0.4 is 0 Å². The Kier molecular flexibility index (Phi) is 5.24. The first-order chi connectivity index (χ1) is 9.74. The van der Waals surface area contributed by atoms with Crippen molar-refractivity contribution in [1.29, 1.82) is 0 Å². The van der Waals surface area contributed by atoms with Gasteiger partial charge in [0.1, 0.15) is 11.7 Å². The summed E-state index contributed by atoms with van der Waals surface area (Å²) >= 11 is 0. The average Bonchev–Trinajstić information content (AvgIpc) is 2.47. The number of allylic oxidation sites excluding steroid dienone is 2. The van der Waals surface area contributed by atoms with Crippen LogP contribution in [0.1, 0.15) is 24.0 Å². The zero-order valence-corrected chi connectivity index (χ0v) is 11.1. The van der Waals surface area contributed by atoms with Crippen molar-refractivity contribution >= 4 is 12.2 Å². The van der Waals surface area contributed by atoms with Gasteiger partial charge >= 0.3 is 0 Å². The lowest BCUT2D eigenvalue weighted by molar-refractivity contribution is 0.545. The zero-order chi connectivity index (χ0) is 14.2. The maximum atomic E-state index is 13.7. The van der Waals surface area contributed by atoms with Crippen LogP contribution in [0.5, 0.6) is 0 Å². The van der Waals surface area contributed by atoms with E-state index in [9.17, 15) is 8.78 Å². The van der Waals surface area contributed by atoms with Crippen molar-refractivity contribution in [2.45, 2.75) is 12.8 Å². The van der Waals surface area contributed by atoms with E-state index in [1.54, 1.807) is 0 Å². The molecule has 0 spiro atoms. The minimum absolute atomic E-state index is 0.0735. The van der Waals surface area contributed by atoms with Gasteiger partial charge in [0.05, 0.1) is 0 Å². The monoisotopic (exact) mass is 270 g/mol. The van der Waals surface area contributed by atoms with Crippen LogP contribution in [0.25, 0.3) is 12.2 Å². The Morgan fingerprint density at radius 3 is 1.35 bits per heavy atom. The third kappa shape index (κ3) is 4.81.